The van der Waals surface area contributed by atoms with Crippen LogP contribution in [0.25, 0.3) is 0 Å². The number of anilines is 2. The highest BCUT2D eigenvalue weighted by Gasteiger charge is 2.14. The highest BCUT2D eigenvalue weighted by atomic mass is 16.5. The van der Waals surface area contributed by atoms with Crippen LogP contribution < -0.4 is 10.6 Å². The fourth-order valence-electron chi connectivity index (χ4n) is 2.14. The van der Waals surface area contributed by atoms with Gasteiger partial charge in [0.05, 0.1) is 12.5 Å². The lowest BCUT2D eigenvalue weighted by Gasteiger charge is -2.19. The number of hydrogen-bond donors (Lipinski definition) is 2. The summed E-state index contributed by atoms with van der Waals surface area (Å²) in [7, 11) is 1.61. The van der Waals surface area contributed by atoms with Crippen LogP contribution in [0.5, 0.6) is 0 Å². The second-order valence-corrected chi connectivity index (χ2v) is 4.75. The Hall–Kier alpha value is -1.55. The van der Waals surface area contributed by atoms with Gasteiger partial charge in [-0.15, -0.1) is 0 Å². The van der Waals surface area contributed by atoms with Crippen molar-refractivity contribution in [1.29, 1.82) is 0 Å². The molecule has 0 fully saturated rings. The molecule has 0 aliphatic carbocycles. The number of hydrogen-bond acceptors (Lipinski definition) is 3. The SMILES string of the molecule is COC[C@H](C)C(=O)Nc1ccc2c(c1)CCCN2. The molecule has 1 heterocycles. The summed E-state index contributed by atoms with van der Waals surface area (Å²) in [5.41, 5.74) is 3.33. The Morgan fingerprint density at radius 1 is 1.56 bits per heavy atom. The summed E-state index contributed by atoms with van der Waals surface area (Å²) < 4.78 is 4.98. The van der Waals surface area contributed by atoms with Crippen molar-refractivity contribution in [2.45, 2.75) is 19.8 Å². The van der Waals surface area contributed by atoms with Crippen LogP contribution in [0.1, 0.15) is 18.9 Å². The summed E-state index contributed by atoms with van der Waals surface area (Å²) in [4.78, 5) is 11.9. The minimum atomic E-state index is -0.135. The molecule has 98 valence electrons. The third-order valence-corrected chi connectivity index (χ3v) is 3.18. The molecule has 1 aromatic carbocycles. The Morgan fingerprint density at radius 2 is 2.39 bits per heavy atom. The van der Waals surface area contributed by atoms with Gasteiger partial charge in [0.15, 0.2) is 0 Å². The Bertz CT molecular complexity index is 432. The zero-order valence-corrected chi connectivity index (χ0v) is 11.0. The number of amides is 1. The van der Waals surface area contributed by atoms with E-state index in [0.717, 1.165) is 25.1 Å². The lowest BCUT2D eigenvalue weighted by molar-refractivity contribution is -0.120. The van der Waals surface area contributed by atoms with Crippen LogP contribution in [0.4, 0.5) is 11.4 Å². The van der Waals surface area contributed by atoms with E-state index in [1.807, 2.05) is 19.1 Å². The maximum absolute atomic E-state index is 11.9. The fourth-order valence-corrected chi connectivity index (χ4v) is 2.14. The largest absolute Gasteiger partial charge is 0.385 e. The lowest BCUT2D eigenvalue weighted by atomic mass is 10.0. The molecule has 0 radical (unpaired) electrons. The normalized spacial score (nSPS) is 15.4. The molecule has 2 rings (SSSR count). The predicted octanol–water partition coefficient (Wildman–Crippen LogP) is 2.27. The van der Waals surface area contributed by atoms with Gasteiger partial charge in [0.25, 0.3) is 0 Å². The van der Waals surface area contributed by atoms with Crippen LogP contribution in [0.15, 0.2) is 18.2 Å². The van der Waals surface area contributed by atoms with E-state index in [1.165, 1.54) is 11.3 Å². The molecule has 2 N–H and O–H groups in total. The number of ether oxygens (including phenoxy) is 1. The van der Waals surface area contributed by atoms with Crippen molar-refractivity contribution in [2.24, 2.45) is 5.92 Å². The number of fused-ring (bicyclic) bond motifs is 1. The molecule has 1 atom stereocenters. The Labute approximate surface area is 108 Å². The summed E-state index contributed by atoms with van der Waals surface area (Å²) in [6, 6.07) is 6.03. The Morgan fingerprint density at radius 3 is 3.17 bits per heavy atom. The van der Waals surface area contributed by atoms with E-state index in [0.29, 0.717) is 6.61 Å². The van der Waals surface area contributed by atoms with E-state index in [1.54, 1.807) is 7.11 Å². The minimum absolute atomic E-state index is 0.000527. The Balaban J connectivity index is 2.03. The molecule has 1 amide bonds. The first kappa shape index (κ1) is 12.9. The minimum Gasteiger partial charge on any atom is -0.385 e. The monoisotopic (exact) mass is 248 g/mol. The van der Waals surface area contributed by atoms with Crippen molar-refractivity contribution in [3.05, 3.63) is 23.8 Å². The number of methoxy groups -OCH3 is 1. The van der Waals surface area contributed by atoms with Gasteiger partial charge in [0, 0.05) is 25.0 Å². The van der Waals surface area contributed by atoms with Crippen LogP contribution in [0.2, 0.25) is 0 Å². The molecular weight excluding hydrogens is 228 g/mol. The zero-order chi connectivity index (χ0) is 13.0. The van der Waals surface area contributed by atoms with Gasteiger partial charge in [0.1, 0.15) is 0 Å². The number of carbonyl (C=O) groups is 1. The van der Waals surface area contributed by atoms with Crippen LogP contribution in [0.3, 0.4) is 0 Å². The van der Waals surface area contributed by atoms with Gasteiger partial charge in [-0.05, 0) is 36.6 Å². The topological polar surface area (TPSA) is 50.4 Å². The second kappa shape index (κ2) is 5.87. The standard InChI is InChI=1S/C14H20N2O2/c1-10(9-18-2)14(17)16-12-5-6-13-11(8-12)4-3-7-15-13/h5-6,8,10,15H,3-4,7,9H2,1-2H3,(H,16,17)/t10-/m0/s1. The van der Waals surface area contributed by atoms with Crippen LogP contribution in [0, 0.1) is 5.92 Å². The summed E-state index contributed by atoms with van der Waals surface area (Å²) >= 11 is 0. The van der Waals surface area contributed by atoms with E-state index in [9.17, 15) is 4.79 Å². The van der Waals surface area contributed by atoms with Gasteiger partial charge < -0.3 is 15.4 Å². The molecule has 4 heteroatoms. The average Bonchev–Trinajstić information content (AvgIpc) is 2.39. The number of nitrogens with one attached hydrogen (secondary N) is 2. The first-order valence-corrected chi connectivity index (χ1v) is 6.37. The molecule has 0 spiro atoms. The summed E-state index contributed by atoms with van der Waals surface area (Å²) in [6.07, 6.45) is 2.21. The van der Waals surface area contributed by atoms with Gasteiger partial charge in [-0.1, -0.05) is 6.92 Å². The molecule has 1 aliphatic heterocycles. The van der Waals surface area contributed by atoms with E-state index in [-0.39, 0.29) is 11.8 Å². The maximum Gasteiger partial charge on any atom is 0.229 e. The van der Waals surface area contributed by atoms with Gasteiger partial charge in [-0.25, -0.2) is 0 Å². The van der Waals surface area contributed by atoms with Crippen molar-refractivity contribution >= 4 is 17.3 Å². The predicted molar refractivity (Wildman–Crippen MR) is 72.9 cm³/mol. The molecule has 4 nitrogen and oxygen atoms in total. The molecule has 0 saturated heterocycles. The molecule has 0 aromatic heterocycles. The smallest absolute Gasteiger partial charge is 0.229 e. The van der Waals surface area contributed by atoms with Gasteiger partial charge in [-0.2, -0.15) is 0 Å². The van der Waals surface area contributed by atoms with Gasteiger partial charge in [0.2, 0.25) is 5.91 Å². The van der Waals surface area contributed by atoms with E-state index >= 15 is 0 Å². The summed E-state index contributed by atoms with van der Waals surface area (Å²) in [6.45, 7) is 3.33. The molecule has 0 unspecified atom stereocenters. The quantitative estimate of drug-likeness (QED) is 0.859. The second-order valence-electron chi connectivity index (χ2n) is 4.75. The highest BCUT2D eigenvalue weighted by molar-refractivity contribution is 5.92. The number of carbonyl (C=O) groups excluding carboxylic acids is 1. The third kappa shape index (κ3) is 3.01. The van der Waals surface area contributed by atoms with Crippen LogP contribution >= 0.6 is 0 Å². The van der Waals surface area contributed by atoms with E-state index in [2.05, 4.69) is 16.7 Å². The molecule has 18 heavy (non-hydrogen) atoms. The lowest BCUT2D eigenvalue weighted by Crippen LogP contribution is -2.24. The van der Waals surface area contributed by atoms with E-state index in [4.69, 9.17) is 4.74 Å². The first-order chi connectivity index (χ1) is 8.70. The third-order valence-electron chi connectivity index (χ3n) is 3.18. The van der Waals surface area contributed by atoms with Crippen molar-refractivity contribution in [2.75, 3.05) is 30.9 Å². The number of rotatable bonds is 4. The van der Waals surface area contributed by atoms with Gasteiger partial charge in [-0.3, -0.25) is 4.79 Å². The highest BCUT2D eigenvalue weighted by Crippen LogP contribution is 2.25. The van der Waals surface area contributed by atoms with Crippen molar-refractivity contribution in [3.63, 3.8) is 0 Å². The Kier molecular flexibility index (Phi) is 4.20. The maximum atomic E-state index is 11.9. The average molecular weight is 248 g/mol. The molecule has 1 aromatic rings. The van der Waals surface area contributed by atoms with Gasteiger partial charge >= 0.3 is 0 Å². The number of aryl methyl sites for hydroxylation is 1. The van der Waals surface area contributed by atoms with Crippen molar-refractivity contribution < 1.29 is 9.53 Å². The summed E-state index contributed by atoms with van der Waals surface area (Å²) in [5.74, 6) is -0.135. The molecule has 0 saturated carbocycles. The van der Waals surface area contributed by atoms with Crippen molar-refractivity contribution in [1.82, 2.24) is 0 Å². The summed E-state index contributed by atoms with van der Waals surface area (Å²) in [5, 5.41) is 6.28. The molecule has 0 bridgehead atoms. The van der Waals surface area contributed by atoms with E-state index < -0.39 is 0 Å². The van der Waals surface area contributed by atoms with Crippen LogP contribution in [-0.4, -0.2) is 26.2 Å². The molecular formula is C14H20N2O2. The van der Waals surface area contributed by atoms with Crippen LogP contribution in [-0.2, 0) is 16.0 Å². The fraction of sp³-hybridized carbons (Fsp3) is 0.500. The number of benzene rings is 1. The first-order valence-electron chi connectivity index (χ1n) is 6.37. The molecule has 1 aliphatic rings. The van der Waals surface area contributed by atoms with Crippen molar-refractivity contribution in [3.8, 4) is 0 Å². The zero-order valence-electron chi connectivity index (χ0n) is 11.0.